The second-order valence-corrected chi connectivity index (χ2v) is 5.31. The minimum absolute atomic E-state index is 0.184. The van der Waals surface area contributed by atoms with Crippen molar-refractivity contribution in [2.24, 2.45) is 0 Å². The van der Waals surface area contributed by atoms with E-state index in [0.717, 1.165) is 35.8 Å². The van der Waals surface area contributed by atoms with Crippen LogP contribution in [0.1, 0.15) is 5.56 Å². The fourth-order valence-corrected chi connectivity index (χ4v) is 2.92. The molecule has 102 valence electrons. The van der Waals surface area contributed by atoms with Crippen molar-refractivity contribution in [1.82, 2.24) is 5.32 Å². The summed E-state index contributed by atoms with van der Waals surface area (Å²) in [6.45, 7) is 3.21. The maximum atomic E-state index is 9.40. The molecule has 4 nitrogen and oxygen atoms in total. The van der Waals surface area contributed by atoms with Crippen LogP contribution in [0.2, 0.25) is 0 Å². The highest BCUT2D eigenvalue weighted by Crippen LogP contribution is 2.29. The highest BCUT2D eigenvalue weighted by atomic mass is 32.2. The van der Waals surface area contributed by atoms with Gasteiger partial charge in [-0.25, -0.2) is 0 Å². The molecule has 19 heavy (non-hydrogen) atoms. The van der Waals surface area contributed by atoms with Gasteiger partial charge in [-0.15, -0.1) is 11.8 Å². The molecule has 1 fully saturated rings. The summed E-state index contributed by atoms with van der Waals surface area (Å²) in [7, 11) is 1.93. The Bertz CT molecular complexity index is 470. The quantitative estimate of drug-likeness (QED) is 0.849. The molecule has 1 aliphatic heterocycles. The lowest BCUT2D eigenvalue weighted by Crippen LogP contribution is -2.46. The van der Waals surface area contributed by atoms with Crippen LogP contribution in [0.5, 0.6) is 0 Å². The number of hydrogen-bond donors (Lipinski definition) is 1. The summed E-state index contributed by atoms with van der Waals surface area (Å²) >= 11 is 1.62. The van der Waals surface area contributed by atoms with E-state index in [4.69, 9.17) is 4.74 Å². The fourth-order valence-electron chi connectivity index (χ4n) is 2.35. The molecule has 1 N–H and O–H groups in total. The molecular weight excluding hydrogens is 258 g/mol. The molecule has 1 unspecified atom stereocenters. The van der Waals surface area contributed by atoms with Gasteiger partial charge in [0.1, 0.15) is 6.07 Å². The Kier molecular flexibility index (Phi) is 5.08. The van der Waals surface area contributed by atoms with Crippen LogP contribution < -0.4 is 10.2 Å². The number of anilines is 1. The number of likely N-dealkylation sites (N-methyl/N-ethyl adjacent to an activating group) is 1. The van der Waals surface area contributed by atoms with Gasteiger partial charge < -0.3 is 15.0 Å². The first-order chi connectivity index (χ1) is 9.30. The van der Waals surface area contributed by atoms with Gasteiger partial charge in [0.25, 0.3) is 0 Å². The molecule has 0 amide bonds. The van der Waals surface area contributed by atoms with Crippen LogP contribution in [0.4, 0.5) is 5.69 Å². The van der Waals surface area contributed by atoms with Gasteiger partial charge in [-0.3, -0.25) is 0 Å². The van der Waals surface area contributed by atoms with Crippen molar-refractivity contribution in [3.8, 4) is 6.07 Å². The van der Waals surface area contributed by atoms with Crippen molar-refractivity contribution in [2.45, 2.75) is 11.0 Å². The molecule has 0 spiro atoms. The number of nitriles is 1. The van der Waals surface area contributed by atoms with Crippen molar-refractivity contribution in [3.63, 3.8) is 0 Å². The molecule has 0 aromatic heterocycles. The first kappa shape index (κ1) is 14.2. The molecule has 1 saturated heterocycles. The van der Waals surface area contributed by atoms with E-state index in [1.54, 1.807) is 11.8 Å². The lowest BCUT2D eigenvalue weighted by molar-refractivity contribution is 0.0421. The van der Waals surface area contributed by atoms with Crippen LogP contribution in [0.3, 0.4) is 0 Å². The lowest BCUT2D eigenvalue weighted by atomic mass is 10.1. The van der Waals surface area contributed by atoms with Crippen molar-refractivity contribution in [2.75, 3.05) is 44.4 Å². The monoisotopic (exact) mass is 277 g/mol. The number of hydrogen-bond acceptors (Lipinski definition) is 5. The molecule has 1 aromatic rings. The van der Waals surface area contributed by atoms with E-state index < -0.39 is 0 Å². The van der Waals surface area contributed by atoms with Crippen molar-refractivity contribution in [1.29, 1.82) is 5.26 Å². The number of morpholine rings is 1. The molecule has 0 bridgehead atoms. The highest BCUT2D eigenvalue weighted by molar-refractivity contribution is 7.98. The molecule has 5 heteroatoms. The Labute approximate surface area is 118 Å². The zero-order chi connectivity index (χ0) is 13.7. The zero-order valence-electron chi connectivity index (χ0n) is 11.3. The Hall–Kier alpha value is -1.22. The minimum Gasteiger partial charge on any atom is -0.373 e. The molecule has 0 radical (unpaired) electrons. The van der Waals surface area contributed by atoms with Gasteiger partial charge in [-0.1, -0.05) is 6.07 Å². The van der Waals surface area contributed by atoms with E-state index in [1.165, 1.54) is 0 Å². The summed E-state index contributed by atoms with van der Waals surface area (Å²) in [6, 6.07) is 8.38. The van der Waals surface area contributed by atoms with Crippen LogP contribution in [0.15, 0.2) is 23.1 Å². The van der Waals surface area contributed by atoms with Gasteiger partial charge in [0.2, 0.25) is 0 Å². The van der Waals surface area contributed by atoms with Gasteiger partial charge >= 0.3 is 0 Å². The number of nitrogens with zero attached hydrogens (tertiary/aromatic N) is 2. The zero-order valence-corrected chi connectivity index (χ0v) is 12.2. The summed E-state index contributed by atoms with van der Waals surface area (Å²) in [5, 5.41) is 12.5. The molecule has 1 atom stereocenters. The topological polar surface area (TPSA) is 48.3 Å². The smallest absolute Gasteiger partial charge is 0.103 e. The van der Waals surface area contributed by atoms with Crippen LogP contribution in [-0.4, -0.2) is 45.6 Å². The Morgan fingerprint density at radius 2 is 2.42 bits per heavy atom. The Balaban J connectivity index is 2.24. The SMILES string of the molecule is CNCC1CN(c2cccc(SC)c2C#N)CCO1. The standard InChI is InChI=1S/C14H19N3OS/c1-16-9-11-10-17(6-7-18-11)13-4-3-5-14(19-2)12(13)8-15/h3-5,11,16H,6-7,9-10H2,1-2H3. The predicted molar refractivity (Wildman–Crippen MR) is 78.8 cm³/mol. The number of nitrogens with one attached hydrogen (secondary N) is 1. The first-order valence-corrected chi connectivity index (χ1v) is 7.61. The maximum absolute atomic E-state index is 9.40. The van der Waals surface area contributed by atoms with E-state index in [1.807, 2.05) is 31.5 Å². The first-order valence-electron chi connectivity index (χ1n) is 6.38. The maximum Gasteiger partial charge on any atom is 0.103 e. The van der Waals surface area contributed by atoms with E-state index >= 15 is 0 Å². The van der Waals surface area contributed by atoms with E-state index in [2.05, 4.69) is 16.3 Å². The molecular formula is C14H19N3OS. The summed E-state index contributed by atoms with van der Waals surface area (Å²) in [5.74, 6) is 0. The Morgan fingerprint density at radius 1 is 1.58 bits per heavy atom. The summed E-state index contributed by atoms with van der Waals surface area (Å²) < 4.78 is 5.71. The van der Waals surface area contributed by atoms with Crippen LogP contribution >= 0.6 is 11.8 Å². The summed E-state index contributed by atoms with van der Waals surface area (Å²) in [4.78, 5) is 3.29. The molecule has 0 saturated carbocycles. The number of ether oxygens (including phenoxy) is 1. The van der Waals surface area contributed by atoms with Gasteiger partial charge in [-0.05, 0) is 25.4 Å². The third-order valence-corrected chi connectivity index (χ3v) is 4.03. The number of rotatable bonds is 4. The second-order valence-electron chi connectivity index (χ2n) is 4.46. The predicted octanol–water partition coefficient (Wildman–Crippen LogP) is 1.70. The second kappa shape index (κ2) is 6.80. The molecule has 1 aliphatic rings. The van der Waals surface area contributed by atoms with E-state index in [-0.39, 0.29) is 6.10 Å². The highest BCUT2D eigenvalue weighted by Gasteiger charge is 2.22. The van der Waals surface area contributed by atoms with Crippen molar-refractivity contribution >= 4 is 17.4 Å². The lowest BCUT2D eigenvalue weighted by Gasteiger charge is -2.35. The van der Waals surface area contributed by atoms with Crippen molar-refractivity contribution in [3.05, 3.63) is 23.8 Å². The van der Waals surface area contributed by atoms with Gasteiger partial charge in [0.05, 0.1) is 24.0 Å². The van der Waals surface area contributed by atoms with Gasteiger partial charge in [-0.2, -0.15) is 5.26 Å². The normalized spacial score (nSPS) is 19.2. The average Bonchev–Trinajstić information content (AvgIpc) is 2.47. The van der Waals surface area contributed by atoms with E-state index in [9.17, 15) is 5.26 Å². The third-order valence-electron chi connectivity index (χ3n) is 3.25. The molecule has 1 aromatic carbocycles. The number of thioether (sulfide) groups is 1. The largest absolute Gasteiger partial charge is 0.373 e. The summed E-state index contributed by atoms with van der Waals surface area (Å²) in [6.07, 6.45) is 2.19. The molecule has 1 heterocycles. The number of benzene rings is 1. The van der Waals surface area contributed by atoms with Gasteiger partial charge in [0, 0.05) is 24.5 Å². The van der Waals surface area contributed by atoms with Crippen LogP contribution in [0, 0.1) is 11.3 Å². The van der Waals surface area contributed by atoms with Gasteiger partial charge in [0.15, 0.2) is 0 Å². The van der Waals surface area contributed by atoms with Crippen molar-refractivity contribution < 1.29 is 4.74 Å². The molecule has 2 rings (SSSR count). The third kappa shape index (κ3) is 3.21. The fraction of sp³-hybridized carbons (Fsp3) is 0.500. The minimum atomic E-state index is 0.184. The average molecular weight is 277 g/mol. The van der Waals surface area contributed by atoms with E-state index in [0.29, 0.717) is 6.61 Å². The molecule has 0 aliphatic carbocycles. The van der Waals surface area contributed by atoms with Crippen LogP contribution in [0.25, 0.3) is 0 Å². The summed E-state index contributed by atoms with van der Waals surface area (Å²) in [5.41, 5.74) is 1.80. The Morgan fingerprint density at radius 3 is 3.11 bits per heavy atom. The van der Waals surface area contributed by atoms with Crippen LogP contribution in [-0.2, 0) is 4.74 Å².